The molecule has 13 heavy (non-hydrogen) atoms. The molecule has 0 fully saturated rings. The van der Waals surface area contributed by atoms with E-state index in [1.165, 1.54) is 6.33 Å². The van der Waals surface area contributed by atoms with Crippen molar-refractivity contribution in [1.29, 1.82) is 0 Å². The van der Waals surface area contributed by atoms with Crippen molar-refractivity contribution in [1.82, 2.24) is 20.2 Å². The van der Waals surface area contributed by atoms with E-state index in [4.69, 9.17) is 5.84 Å². The monoisotopic (exact) mass is 181 g/mol. The van der Waals surface area contributed by atoms with E-state index in [1.54, 1.807) is 4.68 Å². The second-order valence-electron chi connectivity index (χ2n) is 2.89. The maximum Gasteiger partial charge on any atom is 0.138 e. The first-order valence-electron chi connectivity index (χ1n) is 4.17. The van der Waals surface area contributed by atoms with Gasteiger partial charge in [0.05, 0.1) is 0 Å². The molecule has 0 radical (unpaired) electrons. The van der Waals surface area contributed by atoms with Gasteiger partial charge in [0.2, 0.25) is 0 Å². The van der Waals surface area contributed by atoms with Gasteiger partial charge in [0.15, 0.2) is 0 Å². The Morgan fingerprint density at radius 3 is 3.08 bits per heavy atom. The number of hydrogen-bond donors (Lipinski definition) is 2. The van der Waals surface area contributed by atoms with Gasteiger partial charge in [-0.2, -0.15) is 5.10 Å². The number of hydrogen-bond acceptors (Lipinski definition) is 4. The van der Waals surface area contributed by atoms with E-state index < -0.39 is 0 Å². The van der Waals surface area contributed by atoms with E-state index in [1.807, 2.05) is 13.1 Å². The molecule has 1 rings (SSSR count). The van der Waals surface area contributed by atoms with Gasteiger partial charge in [-0.25, -0.2) is 4.98 Å². The summed E-state index contributed by atoms with van der Waals surface area (Å²) in [6.45, 7) is 3.66. The lowest BCUT2D eigenvalue weighted by Gasteiger charge is -2.12. The number of nitrogens with one attached hydrogen (secondary N) is 1. The van der Waals surface area contributed by atoms with Crippen molar-refractivity contribution < 1.29 is 0 Å². The van der Waals surface area contributed by atoms with Crippen LogP contribution < -0.4 is 11.3 Å². The van der Waals surface area contributed by atoms with Gasteiger partial charge in [-0.15, -0.1) is 6.58 Å². The lowest BCUT2D eigenvalue weighted by atomic mass is 10.1. The van der Waals surface area contributed by atoms with Gasteiger partial charge >= 0.3 is 0 Å². The van der Waals surface area contributed by atoms with Crippen LogP contribution in [0.5, 0.6) is 0 Å². The molecule has 0 aliphatic rings. The normalized spacial score (nSPS) is 12.8. The predicted molar refractivity (Wildman–Crippen MR) is 50.6 cm³/mol. The molecule has 1 aromatic heterocycles. The fraction of sp³-hybridized carbons (Fsp3) is 0.500. The molecule has 5 nitrogen and oxygen atoms in total. The highest BCUT2D eigenvalue weighted by molar-refractivity contribution is 4.90. The first-order chi connectivity index (χ1) is 6.27. The highest BCUT2D eigenvalue weighted by Gasteiger charge is 2.08. The van der Waals surface area contributed by atoms with Crippen LogP contribution in [-0.4, -0.2) is 20.8 Å². The van der Waals surface area contributed by atoms with Crippen LogP contribution in [-0.2, 0) is 13.5 Å². The maximum absolute atomic E-state index is 5.37. The molecule has 0 spiro atoms. The number of nitrogens with two attached hydrogens (primary N) is 1. The SMILES string of the molecule is C=CCC(Cc1ncnn1C)NN. The van der Waals surface area contributed by atoms with Gasteiger partial charge in [-0.05, 0) is 6.42 Å². The molecule has 3 N–H and O–H groups in total. The van der Waals surface area contributed by atoms with Crippen LogP contribution in [0.15, 0.2) is 19.0 Å². The summed E-state index contributed by atoms with van der Waals surface area (Å²) in [5.41, 5.74) is 2.72. The molecule has 0 saturated carbocycles. The van der Waals surface area contributed by atoms with Crippen LogP contribution in [0.3, 0.4) is 0 Å². The molecule has 1 unspecified atom stereocenters. The largest absolute Gasteiger partial charge is 0.271 e. The van der Waals surface area contributed by atoms with E-state index in [0.717, 1.165) is 18.7 Å². The number of hydrazine groups is 1. The Labute approximate surface area is 77.6 Å². The average molecular weight is 181 g/mol. The van der Waals surface area contributed by atoms with Crippen molar-refractivity contribution in [2.45, 2.75) is 18.9 Å². The van der Waals surface area contributed by atoms with Crippen molar-refractivity contribution in [3.8, 4) is 0 Å². The fourth-order valence-electron chi connectivity index (χ4n) is 1.14. The van der Waals surface area contributed by atoms with Gasteiger partial charge in [0, 0.05) is 19.5 Å². The third-order valence-electron chi connectivity index (χ3n) is 1.92. The van der Waals surface area contributed by atoms with Crippen LogP contribution in [0, 0.1) is 0 Å². The van der Waals surface area contributed by atoms with Gasteiger partial charge in [0.25, 0.3) is 0 Å². The number of nitrogens with zero attached hydrogens (tertiary/aromatic N) is 3. The molecule has 1 atom stereocenters. The zero-order valence-electron chi connectivity index (χ0n) is 7.77. The Balaban J connectivity index is 2.55. The molecule has 0 aliphatic carbocycles. The number of rotatable bonds is 5. The molecule has 0 saturated heterocycles. The maximum atomic E-state index is 5.37. The summed E-state index contributed by atoms with van der Waals surface area (Å²) < 4.78 is 1.74. The molecule has 72 valence electrons. The minimum Gasteiger partial charge on any atom is -0.271 e. The van der Waals surface area contributed by atoms with E-state index >= 15 is 0 Å². The van der Waals surface area contributed by atoms with Crippen LogP contribution in [0.4, 0.5) is 0 Å². The lowest BCUT2D eigenvalue weighted by molar-refractivity contribution is 0.506. The molecule has 1 aromatic rings. The summed E-state index contributed by atoms with van der Waals surface area (Å²) in [6.07, 6.45) is 4.96. The van der Waals surface area contributed by atoms with Crippen molar-refractivity contribution in [3.63, 3.8) is 0 Å². The van der Waals surface area contributed by atoms with Crippen LogP contribution in [0.2, 0.25) is 0 Å². The Bertz CT molecular complexity index is 267. The molecule has 5 heteroatoms. The zero-order valence-corrected chi connectivity index (χ0v) is 7.77. The first-order valence-corrected chi connectivity index (χ1v) is 4.17. The molecule has 0 aliphatic heterocycles. The standard InChI is InChI=1S/C8H15N5/c1-3-4-7(12-9)5-8-10-6-11-13(8)2/h3,6-7,12H,1,4-5,9H2,2H3. The van der Waals surface area contributed by atoms with E-state index in [-0.39, 0.29) is 6.04 Å². The molecule has 0 amide bonds. The Hall–Kier alpha value is -1.20. The van der Waals surface area contributed by atoms with Gasteiger partial charge in [-0.3, -0.25) is 16.0 Å². The van der Waals surface area contributed by atoms with Crippen molar-refractivity contribution in [2.24, 2.45) is 12.9 Å². The Morgan fingerprint density at radius 2 is 2.62 bits per heavy atom. The summed E-state index contributed by atoms with van der Waals surface area (Å²) in [5, 5.41) is 3.98. The average Bonchev–Trinajstić information content (AvgIpc) is 2.51. The molecule has 0 bridgehead atoms. The zero-order chi connectivity index (χ0) is 9.68. The summed E-state index contributed by atoms with van der Waals surface area (Å²) in [4.78, 5) is 4.11. The smallest absolute Gasteiger partial charge is 0.138 e. The summed E-state index contributed by atoms with van der Waals surface area (Å²) >= 11 is 0. The highest BCUT2D eigenvalue weighted by Crippen LogP contribution is 2.00. The third-order valence-corrected chi connectivity index (χ3v) is 1.92. The fourth-order valence-corrected chi connectivity index (χ4v) is 1.14. The van der Waals surface area contributed by atoms with Crippen LogP contribution in [0.25, 0.3) is 0 Å². The minimum atomic E-state index is 0.181. The minimum absolute atomic E-state index is 0.181. The van der Waals surface area contributed by atoms with E-state index in [9.17, 15) is 0 Å². The molecular weight excluding hydrogens is 166 g/mol. The van der Waals surface area contributed by atoms with Crippen molar-refractivity contribution in [3.05, 3.63) is 24.8 Å². The topological polar surface area (TPSA) is 68.8 Å². The predicted octanol–water partition coefficient (Wildman–Crippen LogP) is -0.234. The highest BCUT2D eigenvalue weighted by atomic mass is 15.3. The van der Waals surface area contributed by atoms with Crippen LogP contribution >= 0.6 is 0 Å². The summed E-state index contributed by atoms with van der Waals surface area (Å²) in [7, 11) is 1.86. The van der Waals surface area contributed by atoms with Crippen molar-refractivity contribution in [2.75, 3.05) is 0 Å². The third kappa shape index (κ3) is 2.64. The quantitative estimate of drug-likeness (QED) is 0.374. The van der Waals surface area contributed by atoms with Crippen LogP contribution in [0.1, 0.15) is 12.2 Å². The first kappa shape index (κ1) is 9.88. The van der Waals surface area contributed by atoms with E-state index in [2.05, 4.69) is 22.1 Å². The molecule has 0 aromatic carbocycles. The Morgan fingerprint density at radius 1 is 1.85 bits per heavy atom. The summed E-state index contributed by atoms with van der Waals surface area (Å²) in [5.74, 6) is 6.29. The molecular formula is C8H15N5. The number of aryl methyl sites for hydroxylation is 1. The second kappa shape index (κ2) is 4.74. The van der Waals surface area contributed by atoms with Gasteiger partial charge in [0.1, 0.15) is 12.2 Å². The number of aromatic nitrogens is 3. The van der Waals surface area contributed by atoms with Gasteiger partial charge in [-0.1, -0.05) is 6.08 Å². The lowest BCUT2D eigenvalue weighted by Crippen LogP contribution is -2.37. The Kier molecular flexibility index (Phi) is 3.60. The second-order valence-corrected chi connectivity index (χ2v) is 2.89. The van der Waals surface area contributed by atoms with E-state index in [0.29, 0.717) is 0 Å². The van der Waals surface area contributed by atoms with Crippen molar-refractivity contribution >= 4 is 0 Å². The van der Waals surface area contributed by atoms with Gasteiger partial charge < -0.3 is 0 Å². The summed E-state index contributed by atoms with van der Waals surface area (Å²) in [6, 6.07) is 0.181. The molecule has 1 heterocycles.